The Morgan fingerprint density at radius 3 is 2.88 bits per heavy atom. The van der Waals surface area contributed by atoms with Gasteiger partial charge in [-0.2, -0.15) is 4.99 Å². The number of amides is 1. The van der Waals surface area contributed by atoms with Crippen molar-refractivity contribution < 1.29 is 4.79 Å². The van der Waals surface area contributed by atoms with Gasteiger partial charge in [-0.1, -0.05) is 23.4 Å². The average Bonchev–Trinajstić information content (AvgIpc) is 2.27. The normalized spacial score (nSPS) is 13.6. The van der Waals surface area contributed by atoms with Crippen LogP contribution in [-0.2, 0) is 6.42 Å². The first-order valence-electron chi connectivity index (χ1n) is 5.15. The van der Waals surface area contributed by atoms with Crippen molar-refractivity contribution in [2.24, 2.45) is 16.5 Å². The van der Waals surface area contributed by atoms with Crippen LogP contribution < -0.4 is 11.5 Å². The lowest BCUT2D eigenvalue weighted by Crippen LogP contribution is -2.24. The van der Waals surface area contributed by atoms with Crippen LogP contribution >= 0.6 is 11.8 Å². The Balaban J connectivity index is 2.31. The lowest BCUT2D eigenvalue weighted by molar-refractivity contribution is 0.100. The van der Waals surface area contributed by atoms with E-state index in [-0.39, 0.29) is 5.96 Å². The molecule has 0 aliphatic carbocycles. The predicted molar refractivity (Wildman–Crippen MR) is 69.9 cm³/mol. The molecule has 2 rings (SSSR count). The van der Waals surface area contributed by atoms with E-state index in [1.807, 2.05) is 12.1 Å². The fourth-order valence-corrected chi connectivity index (χ4v) is 2.53. The summed E-state index contributed by atoms with van der Waals surface area (Å²) >= 11 is 1.62. The Hall–Kier alpha value is -1.75. The molecule has 1 amide bonds. The zero-order chi connectivity index (χ0) is 12.4. The van der Waals surface area contributed by atoms with Crippen LogP contribution in [0.3, 0.4) is 0 Å². The number of allylic oxidation sites excluding steroid dienone is 1. The number of fused-ring (bicyclic) bond motifs is 1. The van der Waals surface area contributed by atoms with Crippen molar-refractivity contribution in [3.63, 3.8) is 0 Å². The molecule has 5 heteroatoms. The summed E-state index contributed by atoms with van der Waals surface area (Å²) in [6, 6.07) is 5.54. The molecule has 0 unspecified atom stereocenters. The fourth-order valence-electron chi connectivity index (χ4n) is 1.63. The number of thioether (sulfide) groups is 1. The van der Waals surface area contributed by atoms with Crippen LogP contribution in [0.4, 0.5) is 0 Å². The van der Waals surface area contributed by atoms with E-state index in [0.29, 0.717) is 5.56 Å². The summed E-state index contributed by atoms with van der Waals surface area (Å²) in [7, 11) is 0. The molecule has 4 nitrogen and oxygen atoms in total. The van der Waals surface area contributed by atoms with Gasteiger partial charge in [0.2, 0.25) is 0 Å². The Labute approximate surface area is 104 Å². The molecule has 0 radical (unpaired) electrons. The van der Waals surface area contributed by atoms with Crippen molar-refractivity contribution >= 4 is 23.6 Å². The summed E-state index contributed by atoms with van der Waals surface area (Å²) in [6.45, 7) is 2.09. The Bertz CT molecular complexity index is 531. The van der Waals surface area contributed by atoms with Crippen molar-refractivity contribution in [3.05, 3.63) is 40.3 Å². The predicted octanol–water partition coefficient (Wildman–Crippen LogP) is 1.65. The van der Waals surface area contributed by atoms with Crippen LogP contribution in [0.25, 0.3) is 0 Å². The highest BCUT2D eigenvalue weighted by Gasteiger charge is 2.12. The molecule has 4 N–H and O–H groups in total. The minimum absolute atomic E-state index is 0.212. The number of carbonyl (C=O) groups excluding carboxylic acids is 1. The largest absolute Gasteiger partial charge is 0.370 e. The van der Waals surface area contributed by atoms with Gasteiger partial charge in [0, 0.05) is 10.5 Å². The first kappa shape index (κ1) is 11.7. The Kier molecular flexibility index (Phi) is 3.19. The van der Waals surface area contributed by atoms with E-state index in [2.05, 4.69) is 17.3 Å². The van der Waals surface area contributed by atoms with Gasteiger partial charge in [-0.05, 0) is 36.4 Å². The second kappa shape index (κ2) is 4.63. The summed E-state index contributed by atoms with van der Waals surface area (Å²) in [5.74, 6) is -0.615. The third-order valence-corrected chi connectivity index (χ3v) is 3.56. The standard InChI is InChI=1S/C12H13N3OS/c1-7-4-8-2-3-9(5-10(8)17-6-7)11(16)15-12(13)14/h2-3,5-6H,4H2,1H3,(H4,13,14,15,16). The molecule has 0 aromatic heterocycles. The Morgan fingerprint density at radius 1 is 1.41 bits per heavy atom. The quantitative estimate of drug-likeness (QED) is 0.584. The van der Waals surface area contributed by atoms with Gasteiger partial charge in [0.05, 0.1) is 0 Å². The molecule has 1 aromatic carbocycles. The third-order valence-electron chi connectivity index (χ3n) is 2.40. The van der Waals surface area contributed by atoms with Gasteiger partial charge in [-0.25, -0.2) is 0 Å². The highest BCUT2D eigenvalue weighted by atomic mass is 32.2. The van der Waals surface area contributed by atoms with Gasteiger partial charge >= 0.3 is 0 Å². The number of hydrogen-bond donors (Lipinski definition) is 2. The number of nitrogens with zero attached hydrogens (tertiary/aromatic N) is 1. The van der Waals surface area contributed by atoms with Crippen molar-refractivity contribution in [3.8, 4) is 0 Å². The van der Waals surface area contributed by atoms with E-state index >= 15 is 0 Å². The summed E-state index contributed by atoms with van der Waals surface area (Å²) in [4.78, 5) is 16.2. The molecule has 0 bridgehead atoms. The molecule has 1 aromatic rings. The maximum absolute atomic E-state index is 11.6. The zero-order valence-corrected chi connectivity index (χ0v) is 10.3. The topological polar surface area (TPSA) is 81.5 Å². The molecule has 0 spiro atoms. The van der Waals surface area contributed by atoms with E-state index in [0.717, 1.165) is 11.3 Å². The summed E-state index contributed by atoms with van der Waals surface area (Å²) < 4.78 is 0. The summed E-state index contributed by atoms with van der Waals surface area (Å²) in [5, 5.41) is 2.09. The van der Waals surface area contributed by atoms with Crippen molar-refractivity contribution in [1.29, 1.82) is 0 Å². The SMILES string of the molecule is CC1=CSc2cc(C(=O)N=C(N)N)ccc2C1. The van der Waals surface area contributed by atoms with Gasteiger partial charge < -0.3 is 11.5 Å². The van der Waals surface area contributed by atoms with Crippen LogP contribution in [-0.4, -0.2) is 11.9 Å². The van der Waals surface area contributed by atoms with Crippen LogP contribution in [0.5, 0.6) is 0 Å². The second-order valence-corrected chi connectivity index (χ2v) is 4.83. The molecule has 0 saturated carbocycles. The average molecular weight is 247 g/mol. The van der Waals surface area contributed by atoms with E-state index in [1.165, 1.54) is 11.1 Å². The molecular formula is C12H13N3OS. The van der Waals surface area contributed by atoms with Crippen LogP contribution in [0.2, 0.25) is 0 Å². The van der Waals surface area contributed by atoms with Gasteiger partial charge in [-0.3, -0.25) is 4.79 Å². The van der Waals surface area contributed by atoms with Crippen molar-refractivity contribution in [1.82, 2.24) is 0 Å². The number of hydrogen-bond acceptors (Lipinski definition) is 2. The molecule has 0 saturated heterocycles. The lowest BCUT2D eigenvalue weighted by Gasteiger charge is -2.14. The van der Waals surface area contributed by atoms with E-state index in [1.54, 1.807) is 17.8 Å². The van der Waals surface area contributed by atoms with E-state index in [9.17, 15) is 4.79 Å². The number of guanidine groups is 1. The van der Waals surface area contributed by atoms with Crippen LogP contribution in [0.15, 0.2) is 39.1 Å². The van der Waals surface area contributed by atoms with Gasteiger partial charge in [-0.15, -0.1) is 0 Å². The first-order valence-corrected chi connectivity index (χ1v) is 6.03. The van der Waals surface area contributed by atoms with Crippen LogP contribution in [0.1, 0.15) is 22.8 Å². The van der Waals surface area contributed by atoms with Gasteiger partial charge in [0.1, 0.15) is 0 Å². The highest BCUT2D eigenvalue weighted by Crippen LogP contribution is 2.32. The van der Waals surface area contributed by atoms with Gasteiger partial charge in [0.25, 0.3) is 5.91 Å². The molecule has 0 atom stereocenters. The van der Waals surface area contributed by atoms with E-state index in [4.69, 9.17) is 11.5 Å². The number of nitrogens with two attached hydrogens (primary N) is 2. The molecule has 88 valence electrons. The van der Waals surface area contributed by atoms with Crippen molar-refractivity contribution in [2.75, 3.05) is 0 Å². The lowest BCUT2D eigenvalue weighted by atomic mass is 10.0. The maximum atomic E-state index is 11.6. The van der Waals surface area contributed by atoms with Gasteiger partial charge in [0.15, 0.2) is 5.96 Å². The summed E-state index contributed by atoms with van der Waals surface area (Å²) in [6.07, 6.45) is 0.930. The monoisotopic (exact) mass is 247 g/mol. The fraction of sp³-hybridized carbons (Fsp3) is 0.167. The molecule has 17 heavy (non-hydrogen) atoms. The Morgan fingerprint density at radius 2 is 2.18 bits per heavy atom. The van der Waals surface area contributed by atoms with E-state index < -0.39 is 5.91 Å². The summed E-state index contributed by atoms with van der Waals surface area (Å²) in [5.41, 5.74) is 13.4. The number of aliphatic imine (C=N–C) groups is 1. The molecule has 1 aliphatic rings. The smallest absolute Gasteiger partial charge is 0.280 e. The first-order chi connectivity index (χ1) is 8.06. The molecule has 1 heterocycles. The minimum Gasteiger partial charge on any atom is -0.370 e. The highest BCUT2D eigenvalue weighted by molar-refractivity contribution is 8.02. The molecular weight excluding hydrogens is 234 g/mol. The van der Waals surface area contributed by atoms with Crippen LogP contribution in [0, 0.1) is 0 Å². The number of benzene rings is 1. The number of rotatable bonds is 1. The maximum Gasteiger partial charge on any atom is 0.280 e. The van der Waals surface area contributed by atoms with Crippen molar-refractivity contribution in [2.45, 2.75) is 18.2 Å². The molecule has 1 aliphatic heterocycles. The second-order valence-electron chi connectivity index (χ2n) is 3.92. The minimum atomic E-state index is -0.403. The number of carbonyl (C=O) groups is 1. The molecule has 0 fully saturated rings. The third kappa shape index (κ3) is 2.68. The zero-order valence-electron chi connectivity index (χ0n) is 9.43.